The number of ether oxygens (including phenoxy) is 1. The van der Waals surface area contributed by atoms with Crippen LogP contribution < -0.4 is 4.74 Å². The van der Waals surface area contributed by atoms with Gasteiger partial charge in [0, 0.05) is 46.5 Å². The largest absolute Gasteiger partial charge is 0.492 e. The van der Waals surface area contributed by atoms with Gasteiger partial charge in [0.25, 0.3) is 5.91 Å². The molecule has 196 valence electrons. The van der Waals surface area contributed by atoms with Crippen molar-refractivity contribution in [3.63, 3.8) is 0 Å². The number of carbonyl (C=O) groups excluding carboxylic acids is 1. The third kappa shape index (κ3) is 4.51. The first-order valence-electron chi connectivity index (χ1n) is 13.2. The quantitative estimate of drug-likeness (QED) is 0.503. The topological polar surface area (TPSA) is 68.8 Å². The molecule has 1 amide bonds. The normalized spacial score (nSPS) is 21.7. The smallest absolute Gasteiger partial charge is 0.270 e. The number of nitrogens with one attached hydrogen (secondary N) is 1. The summed E-state index contributed by atoms with van der Waals surface area (Å²) < 4.78 is 19.5. The zero-order valence-electron chi connectivity index (χ0n) is 21.1. The Morgan fingerprint density at radius 2 is 1.86 bits per heavy atom. The standard InChI is InChI=1S/C29H33ClFN3O3/c1-19(17-33-10-6-28(7-11-33)18-37-26-16-21(30)2-4-23(26)28)29(36)8-12-34(13-9-29)27(35)25-15-20-14-22(31)3-5-24(20)32-25/h2-5,14-16,19,32,36H,6-13,17-18H2,1H3. The number of rotatable bonds is 4. The lowest BCUT2D eigenvalue weighted by Gasteiger charge is -2.45. The van der Waals surface area contributed by atoms with Gasteiger partial charge in [-0.15, -0.1) is 0 Å². The Bertz CT molecular complexity index is 1330. The van der Waals surface area contributed by atoms with E-state index in [4.69, 9.17) is 16.3 Å². The number of hydrogen-bond acceptors (Lipinski definition) is 4. The minimum absolute atomic E-state index is 0.0661. The van der Waals surface area contributed by atoms with Crippen molar-refractivity contribution in [1.82, 2.24) is 14.8 Å². The molecule has 3 aliphatic rings. The Hall–Kier alpha value is -2.61. The van der Waals surface area contributed by atoms with Gasteiger partial charge in [0.1, 0.15) is 17.3 Å². The fraction of sp³-hybridized carbons (Fsp3) is 0.483. The number of fused-ring (bicyclic) bond motifs is 3. The molecule has 0 bridgehead atoms. The minimum Gasteiger partial charge on any atom is -0.492 e. The lowest BCUT2D eigenvalue weighted by atomic mass is 9.74. The predicted octanol–water partition coefficient (Wildman–Crippen LogP) is 4.99. The number of aromatic amines is 1. The van der Waals surface area contributed by atoms with E-state index in [0.717, 1.165) is 43.7 Å². The monoisotopic (exact) mass is 525 g/mol. The van der Waals surface area contributed by atoms with E-state index >= 15 is 0 Å². The van der Waals surface area contributed by atoms with Crippen LogP contribution in [0.1, 0.15) is 48.7 Å². The Labute approximate surface area is 221 Å². The maximum atomic E-state index is 13.5. The van der Waals surface area contributed by atoms with Gasteiger partial charge in [-0.25, -0.2) is 4.39 Å². The van der Waals surface area contributed by atoms with Crippen molar-refractivity contribution >= 4 is 28.4 Å². The third-order valence-corrected chi connectivity index (χ3v) is 9.25. The summed E-state index contributed by atoms with van der Waals surface area (Å²) in [4.78, 5) is 20.4. The summed E-state index contributed by atoms with van der Waals surface area (Å²) in [5.41, 5.74) is 1.75. The maximum Gasteiger partial charge on any atom is 0.270 e. The molecule has 1 unspecified atom stereocenters. The van der Waals surface area contributed by atoms with Gasteiger partial charge >= 0.3 is 0 Å². The van der Waals surface area contributed by atoms with E-state index in [-0.39, 0.29) is 23.1 Å². The highest BCUT2D eigenvalue weighted by molar-refractivity contribution is 6.30. The van der Waals surface area contributed by atoms with E-state index in [1.165, 1.54) is 17.7 Å². The van der Waals surface area contributed by atoms with Crippen LogP contribution in [0.15, 0.2) is 42.5 Å². The summed E-state index contributed by atoms with van der Waals surface area (Å²) in [5.74, 6) is 0.594. The Kier molecular flexibility index (Phi) is 6.21. The molecule has 6 rings (SSSR count). The number of hydrogen-bond donors (Lipinski definition) is 2. The zero-order chi connectivity index (χ0) is 25.8. The van der Waals surface area contributed by atoms with Crippen LogP contribution in [0.3, 0.4) is 0 Å². The van der Waals surface area contributed by atoms with Gasteiger partial charge in [-0.3, -0.25) is 4.79 Å². The van der Waals surface area contributed by atoms with Crippen molar-refractivity contribution in [3.8, 4) is 5.75 Å². The number of nitrogens with zero attached hydrogens (tertiary/aromatic N) is 2. The van der Waals surface area contributed by atoms with E-state index in [1.54, 1.807) is 17.0 Å². The third-order valence-electron chi connectivity index (χ3n) is 9.01. The highest BCUT2D eigenvalue weighted by Gasteiger charge is 2.44. The molecule has 4 heterocycles. The fourth-order valence-electron chi connectivity index (χ4n) is 6.46. The van der Waals surface area contributed by atoms with Gasteiger partial charge < -0.3 is 24.6 Å². The van der Waals surface area contributed by atoms with Crippen LogP contribution in [0.2, 0.25) is 5.02 Å². The van der Waals surface area contributed by atoms with Crippen LogP contribution in [-0.4, -0.2) is 70.7 Å². The summed E-state index contributed by atoms with van der Waals surface area (Å²) in [6.07, 6.45) is 3.16. The lowest BCUT2D eigenvalue weighted by molar-refractivity contribution is -0.0673. The fourth-order valence-corrected chi connectivity index (χ4v) is 6.62. The second kappa shape index (κ2) is 9.29. The summed E-state index contributed by atoms with van der Waals surface area (Å²) in [5, 5.41) is 12.9. The van der Waals surface area contributed by atoms with Crippen molar-refractivity contribution in [2.45, 2.75) is 43.6 Å². The summed E-state index contributed by atoms with van der Waals surface area (Å²) in [7, 11) is 0. The van der Waals surface area contributed by atoms with Crippen molar-refractivity contribution in [2.24, 2.45) is 5.92 Å². The molecule has 37 heavy (non-hydrogen) atoms. The second-order valence-corrected chi connectivity index (χ2v) is 11.7. The molecule has 8 heteroatoms. The van der Waals surface area contributed by atoms with E-state index in [9.17, 15) is 14.3 Å². The number of piperidine rings is 2. The van der Waals surface area contributed by atoms with Gasteiger partial charge in [-0.2, -0.15) is 0 Å². The number of aliphatic hydroxyl groups is 1. The van der Waals surface area contributed by atoms with Crippen molar-refractivity contribution in [2.75, 3.05) is 39.3 Å². The Morgan fingerprint density at radius 1 is 1.11 bits per heavy atom. The van der Waals surface area contributed by atoms with Gasteiger partial charge in [0.2, 0.25) is 0 Å². The molecule has 3 aromatic rings. The first-order chi connectivity index (χ1) is 17.7. The van der Waals surface area contributed by atoms with E-state index < -0.39 is 5.60 Å². The summed E-state index contributed by atoms with van der Waals surface area (Å²) in [6.45, 7) is 6.62. The Morgan fingerprint density at radius 3 is 2.62 bits per heavy atom. The zero-order valence-corrected chi connectivity index (χ0v) is 21.9. The molecule has 1 aromatic heterocycles. The first-order valence-corrected chi connectivity index (χ1v) is 13.6. The molecule has 6 nitrogen and oxygen atoms in total. The number of halogens is 2. The van der Waals surface area contributed by atoms with Crippen LogP contribution in [0.25, 0.3) is 10.9 Å². The van der Waals surface area contributed by atoms with E-state index in [0.29, 0.717) is 48.6 Å². The highest BCUT2D eigenvalue weighted by Crippen LogP contribution is 2.46. The minimum atomic E-state index is -0.796. The van der Waals surface area contributed by atoms with Crippen molar-refractivity contribution in [1.29, 1.82) is 0 Å². The van der Waals surface area contributed by atoms with Gasteiger partial charge in [0.05, 0.1) is 12.2 Å². The molecule has 2 saturated heterocycles. The molecule has 0 saturated carbocycles. The molecule has 2 fully saturated rings. The molecule has 0 radical (unpaired) electrons. The first kappa shape index (κ1) is 24.7. The molecule has 1 atom stereocenters. The molecule has 2 N–H and O–H groups in total. The van der Waals surface area contributed by atoms with Crippen LogP contribution in [-0.2, 0) is 5.41 Å². The number of aromatic nitrogens is 1. The number of benzene rings is 2. The van der Waals surface area contributed by atoms with Gasteiger partial charge in [-0.05, 0) is 81.1 Å². The molecule has 1 spiro atoms. The maximum absolute atomic E-state index is 13.5. The van der Waals surface area contributed by atoms with E-state index in [2.05, 4.69) is 22.9 Å². The van der Waals surface area contributed by atoms with Gasteiger partial charge in [0.15, 0.2) is 0 Å². The van der Waals surface area contributed by atoms with Crippen LogP contribution in [0.4, 0.5) is 4.39 Å². The lowest BCUT2D eigenvalue weighted by Crippen LogP contribution is -2.53. The average molecular weight is 526 g/mol. The summed E-state index contributed by atoms with van der Waals surface area (Å²) >= 11 is 6.15. The summed E-state index contributed by atoms with van der Waals surface area (Å²) in [6, 6.07) is 12.2. The van der Waals surface area contributed by atoms with Gasteiger partial charge in [-0.1, -0.05) is 24.6 Å². The average Bonchev–Trinajstić information content (AvgIpc) is 3.46. The molecular weight excluding hydrogens is 493 g/mol. The number of likely N-dealkylation sites (tertiary alicyclic amines) is 2. The number of carbonyl (C=O) groups is 1. The van der Waals surface area contributed by atoms with Crippen LogP contribution >= 0.6 is 11.6 Å². The molecule has 0 aliphatic carbocycles. The molecule has 2 aromatic carbocycles. The van der Waals surface area contributed by atoms with Crippen molar-refractivity contribution < 1.29 is 19.0 Å². The molecular formula is C29H33ClFN3O3. The number of H-pyrrole nitrogens is 1. The number of amides is 1. The van der Waals surface area contributed by atoms with Crippen molar-refractivity contribution in [3.05, 3.63) is 64.6 Å². The second-order valence-electron chi connectivity index (χ2n) is 11.2. The SMILES string of the molecule is CC(CN1CCC2(CC1)COc1cc(Cl)ccc12)C1(O)CCN(C(=O)c2cc3cc(F)ccc3[nH]2)CC1. The van der Waals surface area contributed by atoms with Crippen LogP contribution in [0.5, 0.6) is 5.75 Å². The Balaban J connectivity index is 1.04. The predicted molar refractivity (Wildman–Crippen MR) is 142 cm³/mol. The van der Waals surface area contributed by atoms with Crippen LogP contribution in [0, 0.1) is 11.7 Å². The van der Waals surface area contributed by atoms with E-state index in [1.807, 2.05) is 12.1 Å². The highest BCUT2D eigenvalue weighted by atomic mass is 35.5. The molecule has 3 aliphatic heterocycles.